The standard InChI is InChI=1S/C15H20N4O.C15H21NO2/c1-10(2)13-9-19(15(20)14(13)17-18-16)11(3)12-7-5-4-6-8-12;1-10(2)13-9-16(15(18)14(13)17)11(3)12-7-5-4-6-8-12/h4-8,10-11,13-14H,9H2,1-3H3;4-8,10-11,13-14,17H,9H2,1-3H3/t11-,13?,14+;11-,13?,14?/m11/s1. The molecule has 2 fully saturated rings. The van der Waals surface area contributed by atoms with E-state index in [0.29, 0.717) is 24.9 Å². The number of amides is 2. The third-order valence-electron chi connectivity index (χ3n) is 8.09. The molecule has 2 aromatic rings. The molecule has 38 heavy (non-hydrogen) atoms. The second-order valence-electron chi connectivity index (χ2n) is 11.1. The Balaban J connectivity index is 0.000000212. The highest BCUT2D eigenvalue weighted by Gasteiger charge is 2.43. The van der Waals surface area contributed by atoms with Crippen LogP contribution >= 0.6 is 0 Å². The lowest BCUT2D eigenvalue weighted by molar-refractivity contribution is -0.137. The van der Waals surface area contributed by atoms with Crippen LogP contribution in [0.25, 0.3) is 10.4 Å². The highest BCUT2D eigenvalue weighted by atomic mass is 16.3. The summed E-state index contributed by atoms with van der Waals surface area (Å²) in [7, 11) is 0. The van der Waals surface area contributed by atoms with Gasteiger partial charge in [0, 0.05) is 23.9 Å². The van der Waals surface area contributed by atoms with Gasteiger partial charge in [0.25, 0.3) is 5.91 Å². The molecule has 2 heterocycles. The highest BCUT2D eigenvalue weighted by Crippen LogP contribution is 2.34. The minimum atomic E-state index is -0.837. The maximum absolute atomic E-state index is 12.5. The molecular formula is C30H41N5O3. The number of aliphatic hydroxyl groups excluding tert-OH is 1. The third-order valence-corrected chi connectivity index (χ3v) is 8.09. The summed E-state index contributed by atoms with van der Waals surface area (Å²) in [6.45, 7) is 13.6. The zero-order valence-electron chi connectivity index (χ0n) is 23.3. The Morgan fingerprint density at radius 1 is 0.763 bits per heavy atom. The van der Waals surface area contributed by atoms with Crippen LogP contribution in [0.4, 0.5) is 0 Å². The molecule has 1 N–H and O–H groups in total. The van der Waals surface area contributed by atoms with E-state index in [9.17, 15) is 14.7 Å². The molecule has 4 rings (SSSR count). The SMILES string of the molecule is CC(C)C1CN([C@H](C)c2ccccc2)C(=O)C1O.CC(C)C1CN([C@H](C)c2ccccc2)C(=O)[C@H]1N=[N+]=[N-]. The molecule has 0 radical (unpaired) electrons. The van der Waals surface area contributed by atoms with Gasteiger partial charge in [-0.15, -0.1) is 0 Å². The molecular weight excluding hydrogens is 478 g/mol. The van der Waals surface area contributed by atoms with Crippen LogP contribution in [0.3, 0.4) is 0 Å². The van der Waals surface area contributed by atoms with Crippen molar-refractivity contribution in [2.24, 2.45) is 28.8 Å². The van der Waals surface area contributed by atoms with E-state index in [1.165, 1.54) is 0 Å². The number of carbonyl (C=O) groups excluding carboxylic acids is 2. The van der Waals surface area contributed by atoms with Gasteiger partial charge in [-0.2, -0.15) is 0 Å². The lowest BCUT2D eigenvalue weighted by Crippen LogP contribution is -2.32. The van der Waals surface area contributed by atoms with Crippen LogP contribution in [0.2, 0.25) is 0 Å². The fourth-order valence-electron chi connectivity index (χ4n) is 5.40. The number of rotatable bonds is 7. The maximum atomic E-state index is 12.5. The third kappa shape index (κ3) is 6.37. The van der Waals surface area contributed by atoms with E-state index in [4.69, 9.17) is 5.53 Å². The molecule has 2 aromatic carbocycles. The summed E-state index contributed by atoms with van der Waals surface area (Å²) in [5.74, 6) is 0.565. The zero-order valence-corrected chi connectivity index (χ0v) is 23.3. The second kappa shape index (κ2) is 12.9. The van der Waals surface area contributed by atoms with Crippen LogP contribution in [0.5, 0.6) is 0 Å². The average molecular weight is 520 g/mol. The second-order valence-corrected chi connectivity index (χ2v) is 11.1. The first-order valence-corrected chi connectivity index (χ1v) is 13.5. The zero-order chi connectivity index (χ0) is 28.0. The van der Waals surface area contributed by atoms with Crippen molar-refractivity contribution in [3.05, 3.63) is 82.2 Å². The van der Waals surface area contributed by atoms with Crippen molar-refractivity contribution >= 4 is 11.8 Å². The Labute approximate surface area is 226 Å². The van der Waals surface area contributed by atoms with Crippen molar-refractivity contribution < 1.29 is 14.7 Å². The fraction of sp³-hybridized carbons (Fsp3) is 0.533. The van der Waals surface area contributed by atoms with Crippen molar-refractivity contribution in [1.29, 1.82) is 0 Å². The quantitative estimate of drug-likeness (QED) is 0.285. The first-order chi connectivity index (χ1) is 18.1. The summed E-state index contributed by atoms with van der Waals surface area (Å²) in [4.78, 5) is 31.1. The number of nitrogens with zero attached hydrogens (tertiary/aromatic N) is 5. The number of aliphatic hydroxyl groups is 1. The highest BCUT2D eigenvalue weighted by molar-refractivity contribution is 5.85. The van der Waals surface area contributed by atoms with Crippen LogP contribution < -0.4 is 0 Å². The smallest absolute Gasteiger partial charge is 0.252 e. The van der Waals surface area contributed by atoms with Gasteiger partial charge in [-0.3, -0.25) is 9.59 Å². The minimum absolute atomic E-state index is 0.00356. The van der Waals surface area contributed by atoms with Crippen LogP contribution in [0, 0.1) is 23.7 Å². The molecule has 0 aliphatic carbocycles. The molecule has 8 nitrogen and oxygen atoms in total. The summed E-state index contributed by atoms with van der Waals surface area (Å²) in [6, 6.07) is 19.4. The fourth-order valence-corrected chi connectivity index (χ4v) is 5.40. The summed E-state index contributed by atoms with van der Waals surface area (Å²) < 4.78 is 0. The topological polar surface area (TPSA) is 110 Å². The Hall–Kier alpha value is -3.35. The number of carbonyl (C=O) groups is 2. The molecule has 0 spiro atoms. The molecule has 8 heteroatoms. The Kier molecular flexibility index (Phi) is 9.95. The number of hydrogen-bond donors (Lipinski definition) is 1. The van der Waals surface area contributed by atoms with Crippen molar-refractivity contribution in [3.8, 4) is 0 Å². The van der Waals surface area contributed by atoms with E-state index < -0.39 is 12.1 Å². The number of azide groups is 1. The molecule has 204 valence electrons. The van der Waals surface area contributed by atoms with E-state index in [1.54, 1.807) is 4.90 Å². The van der Waals surface area contributed by atoms with E-state index in [2.05, 4.69) is 37.7 Å². The average Bonchev–Trinajstić information content (AvgIpc) is 3.41. The van der Waals surface area contributed by atoms with Gasteiger partial charge in [0.05, 0.1) is 12.1 Å². The molecule has 0 aromatic heterocycles. The number of benzene rings is 2. The van der Waals surface area contributed by atoms with Crippen molar-refractivity contribution in [3.63, 3.8) is 0 Å². The van der Waals surface area contributed by atoms with Gasteiger partial charge in [-0.25, -0.2) is 0 Å². The molecule has 2 aliphatic rings. The molecule has 0 bridgehead atoms. The lowest BCUT2D eigenvalue weighted by atomic mass is 9.91. The van der Waals surface area contributed by atoms with E-state index in [-0.39, 0.29) is 35.7 Å². The Morgan fingerprint density at radius 2 is 1.18 bits per heavy atom. The van der Waals surface area contributed by atoms with E-state index >= 15 is 0 Å². The predicted molar refractivity (Wildman–Crippen MR) is 149 cm³/mol. The van der Waals surface area contributed by atoms with Gasteiger partial charge in [-0.05, 0) is 48.3 Å². The molecule has 0 saturated carbocycles. The summed E-state index contributed by atoms with van der Waals surface area (Å²) in [6.07, 6.45) is -0.837. The Bertz CT molecular complexity index is 1120. The van der Waals surface area contributed by atoms with Gasteiger partial charge in [0.1, 0.15) is 12.1 Å². The minimum Gasteiger partial charge on any atom is -0.383 e. The normalized spacial score (nSPS) is 24.8. The number of likely N-dealkylation sites (tertiary alicyclic amines) is 2. The van der Waals surface area contributed by atoms with Crippen molar-refractivity contribution in [1.82, 2.24) is 9.80 Å². The molecule has 6 atom stereocenters. The number of hydrogen-bond acceptors (Lipinski definition) is 4. The van der Waals surface area contributed by atoms with E-state index in [1.807, 2.05) is 79.4 Å². The first kappa shape index (κ1) is 29.2. The molecule has 2 amide bonds. The van der Waals surface area contributed by atoms with Crippen molar-refractivity contribution in [2.75, 3.05) is 13.1 Å². The van der Waals surface area contributed by atoms with Crippen LogP contribution in [0.15, 0.2) is 65.8 Å². The van der Waals surface area contributed by atoms with Gasteiger partial charge >= 0.3 is 0 Å². The Morgan fingerprint density at radius 3 is 1.58 bits per heavy atom. The van der Waals surface area contributed by atoms with Crippen LogP contribution in [0.1, 0.15) is 64.8 Å². The largest absolute Gasteiger partial charge is 0.383 e. The monoisotopic (exact) mass is 519 g/mol. The lowest BCUT2D eigenvalue weighted by Gasteiger charge is -2.25. The summed E-state index contributed by atoms with van der Waals surface area (Å²) in [5, 5.41) is 13.7. The molecule has 2 aliphatic heterocycles. The predicted octanol–water partition coefficient (Wildman–Crippen LogP) is 5.76. The van der Waals surface area contributed by atoms with Crippen LogP contribution in [-0.4, -0.2) is 52.0 Å². The summed E-state index contributed by atoms with van der Waals surface area (Å²) in [5.41, 5.74) is 10.9. The molecule has 3 unspecified atom stereocenters. The summed E-state index contributed by atoms with van der Waals surface area (Å²) >= 11 is 0. The van der Waals surface area contributed by atoms with Gasteiger partial charge < -0.3 is 14.9 Å². The first-order valence-electron chi connectivity index (χ1n) is 13.5. The van der Waals surface area contributed by atoms with Gasteiger partial charge in [0.2, 0.25) is 5.91 Å². The van der Waals surface area contributed by atoms with E-state index in [0.717, 1.165) is 11.1 Å². The van der Waals surface area contributed by atoms with Gasteiger partial charge in [-0.1, -0.05) is 93.5 Å². The van der Waals surface area contributed by atoms with Gasteiger partial charge in [0.15, 0.2) is 0 Å². The molecule has 2 saturated heterocycles. The van der Waals surface area contributed by atoms with Crippen LogP contribution in [-0.2, 0) is 9.59 Å². The maximum Gasteiger partial charge on any atom is 0.252 e. The van der Waals surface area contributed by atoms with Crippen molar-refractivity contribution in [2.45, 2.75) is 65.8 Å².